The van der Waals surface area contributed by atoms with Gasteiger partial charge < -0.3 is 0 Å². The number of rotatable bonds is 7. The van der Waals surface area contributed by atoms with E-state index in [1.807, 2.05) is 13.8 Å². The van der Waals surface area contributed by atoms with E-state index in [0.717, 1.165) is 11.1 Å². The van der Waals surface area contributed by atoms with Gasteiger partial charge in [0.15, 0.2) is 0 Å². The summed E-state index contributed by atoms with van der Waals surface area (Å²) >= 11 is 0. The third kappa shape index (κ3) is 6.15. The fourth-order valence-corrected chi connectivity index (χ4v) is 3.33. The molecule has 0 aliphatic heterocycles. The van der Waals surface area contributed by atoms with Crippen LogP contribution in [0, 0.1) is 13.8 Å². The zero-order valence-electron chi connectivity index (χ0n) is 15.2. The maximum atomic E-state index is 12.2. The number of carbonyl (C=O) groups excluding carboxylic acids is 2. The summed E-state index contributed by atoms with van der Waals surface area (Å²) in [6, 6.07) is 9.76. The average Bonchev–Trinajstić information content (AvgIpc) is 2.66. The Labute approximate surface area is 158 Å². The SMILES string of the molecule is Cc1ccc(S(=O)(=O)NCCCC(=O)NNC(=O)c2ccccn2)cc1C. The molecule has 0 spiro atoms. The summed E-state index contributed by atoms with van der Waals surface area (Å²) in [6.07, 6.45) is 1.81. The number of sulfonamides is 1. The molecule has 0 saturated carbocycles. The van der Waals surface area contributed by atoms with Crippen LogP contribution in [0.3, 0.4) is 0 Å². The van der Waals surface area contributed by atoms with Gasteiger partial charge in [-0.25, -0.2) is 13.1 Å². The minimum Gasteiger partial charge on any atom is -0.273 e. The van der Waals surface area contributed by atoms with Crippen LogP contribution in [-0.2, 0) is 14.8 Å². The molecule has 0 unspecified atom stereocenters. The van der Waals surface area contributed by atoms with E-state index in [-0.39, 0.29) is 30.0 Å². The molecule has 3 N–H and O–H groups in total. The predicted molar refractivity (Wildman–Crippen MR) is 100 cm³/mol. The van der Waals surface area contributed by atoms with E-state index in [0.29, 0.717) is 0 Å². The molecular weight excluding hydrogens is 368 g/mol. The van der Waals surface area contributed by atoms with Gasteiger partial charge in [0.05, 0.1) is 4.90 Å². The number of hydrazine groups is 1. The van der Waals surface area contributed by atoms with Crippen LogP contribution in [0.15, 0.2) is 47.5 Å². The van der Waals surface area contributed by atoms with Crippen LogP contribution in [0.1, 0.15) is 34.5 Å². The van der Waals surface area contributed by atoms with Gasteiger partial charge in [-0.1, -0.05) is 12.1 Å². The Hall–Kier alpha value is -2.78. The van der Waals surface area contributed by atoms with Gasteiger partial charge in [0, 0.05) is 19.2 Å². The van der Waals surface area contributed by atoms with Crippen molar-refractivity contribution in [1.29, 1.82) is 0 Å². The Morgan fingerprint density at radius 1 is 1.04 bits per heavy atom. The number of benzene rings is 1. The zero-order valence-corrected chi connectivity index (χ0v) is 16.0. The van der Waals surface area contributed by atoms with E-state index in [1.54, 1.807) is 30.3 Å². The number of nitrogens with zero attached hydrogens (tertiary/aromatic N) is 1. The van der Waals surface area contributed by atoms with Gasteiger partial charge >= 0.3 is 0 Å². The average molecular weight is 390 g/mol. The molecule has 2 rings (SSSR count). The Kier molecular flexibility index (Phi) is 7.03. The van der Waals surface area contributed by atoms with Crippen LogP contribution in [0.5, 0.6) is 0 Å². The Bertz CT molecular complexity index is 914. The fraction of sp³-hybridized carbons (Fsp3) is 0.278. The highest BCUT2D eigenvalue weighted by Crippen LogP contribution is 2.14. The van der Waals surface area contributed by atoms with E-state index >= 15 is 0 Å². The van der Waals surface area contributed by atoms with E-state index in [1.165, 1.54) is 12.3 Å². The molecule has 0 atom stereocenters. The minimum atomic E-state index is -3.62. The van der Waals surface area contributed by atoms with Gasteiger partial charge in [-0.15, -0.1) is 0 Å². The molecule has 8 nitrogen and oxygen atoms in total. The molecule has 1 aromatic heterocycles. The summed E-state index contributed by atoms with van der Waals surface area (Å²) in [4.78, 5) is 27.5. The van der Waals surface area contributed by atoms with Crippen molar-refractivity contribution in [1.82, 2.24) is 20.6 Å². The van der Waals surface area contributed by atoms with Crippen LogP contribution in [0.4, 0.5) is 0 Å². The lowest BCUT2D eigenvalue weighted by Crippen LogP contribution is -2.42. The van der Waals surface area contributed by atoms with Crippen molar-refractivity contribution in [3.63, 3.8) is 0 Å². The maximum Gasteiger partial charge on any atom is 0.288 e. The quantitative estimate of drug-likeness (QED) is 0.485. The van der Waals surface area contributed by atoms with Crippen LogP contribution in [0.25, 0.3) is 0 Å². The minimum absolute atomic E-state index is 0.0535. The predicted octanol–water partition coefficient (Wildman–Crippen LogP) is 1.22. The molecule has 0 aliphatic rings. The van der Waals surface area contributed by atoms with Crippen LogP contribution < -0.4 is 15.6 Å². The number of carbonyl (C=O) groups is 2. The second-order valence-electron chi connectivity index (χ2n) is 5.96. The molecule has 0 aliphatic carbocycles. The standard InChI is InChI=1S/C18H22N4O4S/c1-13-8-9-15(12-14(13)2)27(25,26)20-11-5-7-17(23)21-22-18(24)16-6-3-4-10-19-16/h3-4,6,8-10,12,20H,5,7,11H2,1-2H3,(H,21,23)(H,22,24). The number of pyridine rings is 1. The Morgan fingerprint density at radius 2 is 1.81 bits per heavy atom. The summed E-state index contributed by atoms with van der Waals surface area (Å²) < 4.78 is 26.9. The summed E-state index contributed by atoms with van der Waals surface area (Å²) in [7, 11) is -3.62. The van der Waals surface area contributed by atoms with Gasteiger partial charge in [-0.3, -0.25) is 25.4 Å². The van der Waals surface area contributed by atoms with Crippen molar-refractivity contribution in [2.24, 2.45) is 0 Å². The summed E-state index contributed by atoms with van der Waals surface area (Å²) in [5.74, 6) is -0.955. The van der Waals surface area contributed by atoms with Crippen LogP contribution >= 0.6 is 0 Å². The van der Waals surface area contributed by atoms with E-state index in [9.17, 15) is 18.0 Å². The van der Waals surface area contributed by atoms with Crippen molar-refractivity contribution in [3.05, 3.63) is 59.4 Å². The number of hydrogen-bond donors (Lipinski definition) is 3. The Morgan fingerprint density at radius 3 is 2.48 bits per heavy atom. The van der Waals surface area contributed by atoms with Crippen LogP contribution in [0.2, 0.25) is 0 Å². The van der Waals surface area contributed by atoms with E-state index < -0.39 is 21.8 Å². The number of aromatic nitrogens is 1. The topological polar surface area (TPSA) is 117 Å². The van der Waals surface area contributed by atoms with Crippen molar-refractivity contribution in [3.8, 4) is 0 Å². The van der Waals surface area contributed by atoms with Gasteiger partial charge in [-0.05, 0) is 55.7 Å². The largest absolute Gasteiger partial charge is 0.288 e. The number of amides is 2. The summed E-state index contributed by atoms with van der Waals surface area (Å²) in [6.45, 7) is 3.86. The molecule has 0 bridgehead atoms. The molecule has 0 saturated heterocycles. The van der Waals surface area contributed by atoms with Crippen molar-refractivity contribution < 1.29 is 18.0 Å². The molecule has 1 heterocycles. The highest BCUT2D eigenvalue weighted by molar-refractivity contribution is 7.89. The number of hydrogen-bond acceptors (Lipinski definition) is 5. The molecule has 0 radical (unpaired) electrons. The van der Waals surface area contributed by atoms with Gasteiger partial charge in [0.1, 0.15) is 5.69 Å². The highest BCUT2D eigenvalue weighted by atomic mass is 32.2. The molecule has 2 amide bonds. The lowest BCUT2D eigenvalue weighted by atomic mass is 10.1. The van der Waals surface area contributed by atoms with Crippen molar-refractivity contribution in [2.45, 2.75) is 31.6 Å². The summed E-state index contributed by atoms with van der Waals surface area (Å²) in [5.41, 5.74) is 6.60. The third-order valence-corrected chi connectivity index (χ3v) is 5.33. The molecule has 1 aromatic carbocycles. The normalized spacial score (nSPS) is 11.0. The Balaban J connectivity index is 1.73. The first kappa shape index (κ1) is 20.5. The molecule has 9 heteroatoms. The van der Waals surface area contributed by atoms with E-state index in [2.05, 4.69) is 20.6 Å². The summed E-state index contributed by atoms with van der Waals surface area (Å²) in [5, 5.41) is 0. The van der Waals surface area contributed by atoms with Crippen molar-refractivity contribution in [2.75, 3.05) is 6.54 Å². The molecule has 0 fully saturated rings. The van der Waals surface area contributed by atoms with Crippen LogP contribution in [-0.4, -0.2) is 31.8 Å². The van der Waals surface area contributed by atoms with Crippen molar-refractivity contribution >= 4 is 21.8 Å². The van der Waals surface area contributed by atoms with Gasteiger partial charge in [-0.2, -0.15) is 0 Å². The smallest absolute Gasteiger partial charge is 0.273 e. The fourth-order valence-electron chi connectivity index (χ4n) is 2.17. The van der Waals surface area contributed by atoms with Gasteiger partial charge in [0.25, 0.3) is 5.91 Å². The molecular formula is C18H22N4O4S. The molecule has 27 heavy (non-hydrogen) atoms. The monoisotopic (exact) mass is 390 g/mol. The molecule has 144 valence electrons. The van der Waals surface area contributed by atoms with Gasteiger partial charge in [0.2, 0.25) is 15.9 Å². The lowest BCUT2D eigenvalue weighted by Gasteiger charge is -2.09. The number of aryl methyl sites for hydroxylation is 2. The lowest BCUT2D eigenvalue weighted by molar-refractivity contribution is -0.121. The number of nitrogens with one attached hydrogen (secondary N) is 3. The third-order valence-electron chi connectivity index (χ3n) is 3.87. The second-order valence-corrected chi connectivity index (χ2v) is 7.73. The molecule has 2 aromatic rings. The maximum absolute atomic E-state index is 12.2. The first-order valence-corrected chi connectivity index (χ1v) is 9.85. The first-order valence-electron chi connectivity index (χ1n) is 8.37. The second kappa shape index (κ2) is 9.24. The zero-order chi connectivity index (χ0) is 19.9. The highest BCUT2D eigenvalue weighted by Gasteiger charge is 2.14. The van der Waals surface area contributed by atoms with E-state index in [4.69, 9.17) is 0 Å². The first-order chi connectivity index (χ1) is 12.8.